The zero-order valence-corrected chi connectivity index (χ0v) is 16.6. The molecule has 1 fully saturated rings. The third-order valence-corrected chi connectivity index (χ3v) is 5.15. The van der Waals surface area contributed by atoms with Crippen molar-refractivity contribution >= 4 is 46.3 Å². The molecule has 6 nitrogen and oxygen atoms in total. The van der Waals surface area contributed by atoms with Gasteiger partial charge in [0.05, 0.1) is 17.6 Å². The Kier molecular flexibility index (Phi) is 6.23. The molecule has 0 radical (unpaired) electrons. The lowest BCUT2D eigenvalue weighted by Gasteiger charge is -2.11. The molecule has 0 unspecified atom stereocenters. The lowest BCUT2D eigenvalue weighted by molar-refractivity contribution is -0.121. The molecule has 1 aromatic heterocycles. The summed E-state index contributed by atoms with van der Waals surface area (Å²) in [4.78, 5) is 30.5. The van der Waals surface area contributed by atoms with E-state index in [9.17, 15) is 9.59 Å². The number of carbonyl (C=O) groups excluding carboxylic acids is 2. The second-order valence-electron chi connectivity index (χ2n) is 5.62. The zero-order valence-electron chi connectivity index (χ0n) is 15.0. The van der Waals surface area contributed by atoms with E-state index in [1.54, 1.807) is 48.7 Å². The fourth-order valence-corrected chi connectivity index (χ4v) is 3.71. The number of nitrogens with zero attached hydrogens (tertiary/aromatic N) is 2. The van der Waals surface area contributed by atoms with Gasteiger partial charge < -0.3 is 9.47 Å². The molecule has 3 rings (SSSR count). The number of thioether (sulfide) groups is 1. The highest BCUT2D eigenvalue weighted by molar-refractivity contribution is 8.26. The van der Waals surface area contributed by atoms with Crippen molar-refractivity contribution in [3.05, 3.63) is 71.4 Å². The summed E-state index contributed by atoms with van der Waals surface area (Å²) in [6.45, 7) is 4.01. The van der Waals surface area contributed by atoms with Crippen LogP contribution in [0.3, 0.4) is 0 Å². The second kappa shape index (κ2) is 8.81. The number of pyridine rings is 1. The molecule has 0 saturated carbocycles. The highest BCUT2D eigenvalue weighted by atomic mass is 32.2. The molecule has 1 aromatic carbocycles. The maximum Gasteiger partial charge on any atom is 0.345 e. The smallest absolute Gasteiger partial charge is 0.345 e. The van der Waals surface area contributed by atoms with Gasteiger partial charge in [0.1, 0.15) is 4.32 Å². The molecule has 1 saturated heterocycles. The average molecular weight is 412 g/mol. The van der Waals surface area contributed by atoms with E-state index in [0.717, 1.165) is 5.56 Å². The molecule has 0 N–H and O–H groups in total. The molecule has 2 aromatic rings. The van der Waals surface area contributed by atoms with Crippen molar-refractivity contribution < 1.29 is 19.1 Å². The molecule has 1 aliphatic heterocycles. The van der Waals surface area contributed by atoms with Crippen LogP contribution in [0.4, 0.5) is 0 Å². The maximum absolute atomic E-state index is 12.4. The molecular formula is C20H16N2O4S2. The monoisotopic (exact) mass is 412 g/mol. The van der Waals surface area contributed by atoms with E-state index in [0.29, 0.717) is 27.1 Å². The Balaban J connectivity index is 1.82. The molecule has 0 atom stereocenters. The van der Waals surface area contributed by atoms with Gasteiger partial charge in [0.25, 0.3) is 5.91 Å². The topological polar surface area (TPSA) is 68.7 Å². The van der Waals surface area contributed by atoms with Gasteiger partial charge in [0.15, 0.2) is 11.5 Å². The standard InChI is InChI=1S/C20H16N2O4S2/c1-3-9-22-18(23)17(28-20(22)27)11-13-6-7-15(16(10-13)25-2)26-19(24)14-5-4-8-21-12-14/h3-8,10-12H,1,9H2,2H3. The fourth-order valence-electron chi connectivity index (χ4n) is 2.44. The summed E-state index contributed by atoms with van der Waals surface area (Å²) in [6, 6.07) is 8.30. The van der Waals surface area contributed by atoms with E-state index in [4.69, 9.17) is 21.7 Å². The van der Waals surface area contributed by atoms with Gasteiger partial charge in [-0.1, -0.05) is 36.1 Å². The van der Waals surface area contributed by atoms with E-state index in [-0.39, 0.29) is 11.7 Å². The number of benzene rings is 1. The van der Waals surface area contributed by atoms with Gasteiger partial charge >= 0.3 is 5.97 Å². The Hall–Kier alpha value is -2.97. The number of ether oxygens (including phenoxy) is 2. The summed E-state index contributed by atoms with van der Waals surface area (Å²) >= 11 is 6.46. The fraction of sp³-hybridized carbons (Fsp3) is 0.100. The summed E-state index contributed by atoms with van der Waals surface area (Å²) in [5.74, 6) is -0.0642. The lowest BCUT2D eigenvalue weighted by Crippen LogP contribution is -2.27. The first-order valence-corrected chi connectivity index (χ1v) is 9.42. The molecule has 142 valence electrons. The summed E-state index contributed by atoms with van der Waals surface area (Å²) in [6.07, 6.45) is 6.35. The number of thiocarbonyl (C=S) groups is 1. The molecule has 1 aliphatic rings. The summed E-state index contributed by atoms with van der Waals surface area (Å²) < 4.78 is 11.2. The van der Waals surface area contributed by atoms with Crippen LogP contribution >= 0.6 is 24.0 Å². The van der Waals surface area contributed by atoms with Crippen LogP contribution in [-0.2, 0) is 4.79 Å². The Bertz CT molecular complexity index is 973. The van der Waals surface area contributed by atoms with Gasteiger partial charge in [-0.05, 0) is 35.9 Å². The summed E-state index contributed by atoms with van der Waals surface area (Å²) in [5, 5.41) is 0. The Labute approximate surface area is 171 Å². The number of rotatable bonds is 6. The minimum Gasteiger partial charge on any atom is -0.493 e. The molecule has 0 aliphatic carbocycles. The van der Waals surface area contributed by atoms with Gasteiger partial charge in [-0.2, -0.15) is 0 Å². The van der Waals surface area contributed by atoms with Crippen molar-refractivity contribution in [3.8, 4) is 11.5 Å². The first-order chi connectivity index (χ1) is 13.5. The second-order valence-corrected chi connectivity index (χ2v) is 7.30. The number of methoxy groups -OCH3 is 1. The van der Waals surface area contributed by atoms with E-state index in [1.807, 2.05) is 0 Å². The van der Waals surface area contributed by atoms with Crippen molar-refractivity contribution in [1.29, 1.82) is 0 Å². The highest BCUT2D eigenvalue weighted by Crippen LogP contribution is 2.34. The number of esters is 1. The molecule has 28 heavy (non-hydrogen) atoms. The van der Waals surface area contributed by atoms with Crippen molar-refractivity contribution in [2.75, 3.05) is 13.7 Å². The Morgan fingerprint density at radius 2 is 2.18 bits per heavy atom. The van der Waals surface area contributed by atoms with E-state index in [1.165, 1.54) is 30.0 Å². The average Bonchev–Trinajstić information content (AvgIpc) is 2.97. The van der Waals surface area contributed by atoms with Crippen molar-refractivity contribution in [2.24, 2.45) is 0 Å². The van der Waals surface area contributed by atoms with Crippen molar-refractivity contribution in [2.45, 2.75) is 0 Å². The van der Waals surface area contributed by atoms with Crippen LogP contribution in [0.1, 0.15) is 15.9 Å². The van der Waals surface area contributed by atoms with Gasteiger partial charge in [0.2, 0.25) is 0 Å². The van der Waals surface area contributed by atoms with Crippen molar-refractivity contribution in [3.63, 3.8) is 0 Å². The molecule has 1 amide bonds. The first kappa shape index (κ1) is 19.8. The number of amides is 1. The number of carbonyl (C=O) groups is 2. The number of aromatic nitrogens is 1. The summed E-state index contributed by atoms with van der Waals surface area (Å²) in [5.41, 5.74) is 1.05. The highest BCUT2D eigenvalue weighted by Gasteiger charge is 2.31. The quantitative estimate of drug-likeness (QED) is 0.236. The first-order valence-electron chi connectivity index (χ1n) is 8.20. The maximum atomic E-state index is 12.4. The van der Waals surface area contributed by atoms with Gasteiger partial charge in [-0.25, -0.2) is 4.79 Å². The Morgan fingerprint density at radius 3 is 2.86 bits per heavy atom. The molecule has 8 heteroatoms. The van der Waals surface area contributed by atoms with Crippen LogP contribution in [0, 0.1) is 0 Å². The van der Waals surface area contributed by atoms with Crippen LogP contribution in [0.5, 0.6) is 11.5 Å². The summed E-state index contributed by atoms with van der Waals surface area (Å²) in [7, 11) is 1.48. The minimum absolute atomic E-state index is 0.166. The molecule has 0 bridgehead atoms. The third-order valence-electron chi connectivity index (χ3n) is 3.77. The molecule has 0 spiro atoms. The number of hydrogen-bond acceptors (Lipinski definition) is 7. The van der Waals surface area contributed by atoms with E-state index < -0.39 is 5.97 Å². The van der Waals surface area contributed by atoms with E-state index >= 15 is 0 Å². The van der Waals surface area contributed by atoms with Gasteiger partial charge in [-0.15, -0.1) is 6.58 Å². The predicted molar refractivity (Wildman–Crippen MR) is 112 cm³/mol. The normalized spacial score (nSPS) is 15.0. The number of hydrogen-bond donors (Lipinski definition) is 0. The van der Waals surface area contributed by atoms with Crippen molar-refractivity contribution in [1.82, 2.24) is 9.88 Å². The van der Waals surface area contributed by atoms with Crippen LogP contribution in [-0.4, -0.2) is 39.7 Å². The zero-order chi connectivity index (χ0) is 20.1. The largest absolute Gasteiger partial charge is 0.493 e. The molecule has 2 heterocycles. The SMILES string of the molecule is C=CCN1C(=O)C(=Cc2ccc(OC(=O)c3cccnc3)c(OC)c2)SC1=S. The van der Waals surface area contributed by atoms with Gasteiger partial charge in [0, 0.05) is 18.9 Å². The van der Waals surface area contributed by atoms with Crippen LogP contribution in [0.25, 0.3) is 6.08 Å². The molecular weight excluding hydrogens is 396 g/mol. The Morgan fingerprint density at radius 1 is 1.36 bits per heavy atom. The third kappa shape index (κ3) is 4.29. The van der Waals surface area contributed by atoms with Crippen LogP contribution in [0.15, 0.2) is 60.3 Å². The van der Waals surface area contributed by atoms with Crippen LogP contribution < -0.4 is 9.47 Å². The minimum atomic E-state index is -0.538. The van der Waals surface area contributed by atoms with Gasteiger partial charge in [-0.3, -0.25) is 14.7 Å². The van der Waals surface area contributed by atoms with E-state index in [2.05, 4.69) is 11.6 Å². The predicted octanol–water partition coefficient (Wildman–Crippen LogP) is 3.70. The lowest BCUT2D eigenvalue weighted by atomic mass is 10.2. The van der Waals surface area contributed by atoms with Crippen LogP contribution in [0.2, 0.25) is 0 Å².